The molecule has 4 aliphatic rings. The lowest BCUT2D eigenvalue weighted by Crippen LogP contribution is -2.49. The quantitative estimate of drug-likeness (QED) is 0.595. The summed E-state index contributed by atoms with van der Waals surface area (Å²) in [5.41, 5.74) is 4.12. The Bertz CT molecular complexity index is 681. The van der Waals surface area contributed by atoms with Crippen molar-refractivity contribution in [3.05, 3.63) is 35.9 Å². The first-order chi connectivity index (χ1) is 12.1. The first-order valence-corrected chi connectivity index (χ1v) is 10.6. The molecule has 3 saturated carbocycles. The molecule has 0 N–H and O–H groups in total. The Morgan fingerprint density at radius 1 is 1.04 bits per heavy atom. The van der Waals surface area contributed by atoms with Crippen molar-refractivity contribution in [3.8, 4) is 0 Å². The van der Waals surface area contributed by atoms with E-state index < -0.39 is 0 Å². The van der Waals surface area contributed by atoms with Gasteiger partial charge < -0.3 is 0 Å². The van der Waals surface area contributed by atoms with Gasteiger partial charge in [-0.2, -0.15) is 0 Å². The van der Waals surface area contributed by atoms with Crippen LogP contribution in [0.1, 0.15) is 83.2 Å². The summed E-state index contributed by atoms with van der Waals surface area (Å²) >= 11 is 0. The zero-order valence-corrected chi connectivity index (χ0v) is 15.9. The number of fused-ring (bicyclic) bond motifs is 5. The fraction of sp³-hybridized carbons (Fsp3) is 0.739. The molecular formula is C23H32N2. The number of aromatic nitrogens is 2. The molecule has 0 amide bonds. The second kappa shape index (κ2) is 5.66. The number of hydrogen-bond acceptors (Lipinski definition) is 2. The number of rotatable bonds is 1. The smallest absolute Gasteiger partial charge is 0.115 e. The van der Waals surface area contributed by atoms with Gasteiger partial charge in [0.05, 0.1) is 0 Å². The van der Waals surface area contributed by atoms with Crippen molar-refractivity contribution in [3.63, 3.8) is 0 Å². The van der Waals surface area contributed by atoms with Crippen LogP contribution >= 0.6 is 0 Å². The average Bonchev–Trinajstić information content (AvgIpc) is 2.99. The Kier molecular flexibility index (Phi) is 3.63. The summed E-state index contributed by atoms with van der Waals surface area (Å²) in [5, 5.41) is 0. The highest BCUT2D eigenvalue weighted by Crippen LogP contribution is 2.68. The third kappa shape index (κ3) is 2.22. The molecule has 0 aromatic carbocycles. The maximum absolute atomic E-state index is 4.66. The Morgan fingerprint density at radius 3 is 2.80 bits per heavy atom. The maximum Gasteiger partial charge on any atom is 0.115 e. The third-order valence-corrected chi connectivity index (χ3v) is 8.99. The predicted octanol–water partition coefficient (Wildman–Crippen LogP) is 5.91. The molecule has 0 saturated heterocycles. The Labute approximate surface area is 152 Å². The maximum atomic E-state index is 4.66. The molecule has 0 bridgehead atoms. The van der Waals surface area contributed by atoms with Crippen LogP contribution < -0.4 is 0 Å². The van der Waals surface area contributed by atoms with Gasteiger partial charge in [-0.25, -0.2) is 9.97 Å². The zero-order valence-electron chi connectivity index (χ0n) is 15.9. The lowest BCUT2D eigenvalue weighted by molar-refractivity contribution is -0.0418. The average molecular weight is 337 g/mol. The molecule has 3 fully saturated rings. The third-order valence-electron chi connectivity index (χ3n) is 8.99. The van der Waals surface area contributed by atoms with Crippen molar-refractivity contribution >= 4 is 0 Å². The SMILES string of the molecule is C[C@]12CC[C@H]3[C@@H](CCC4=CCCC[C@@]43C)[C@H]1CC[C@@H]2c1ccncn1. The number of nitrogens with zero attached hydrogens (tertiary/aromatic N) is 2. The van der Waals surface area contributed by atoms with Crippen LogP contribution in [0.4, 0.5) is 0 Å². The van der Waals surface area contributed by atoms with Gasteiger partial charge in [-0.15, -0.1) is 0 Å². The summed E-state index contributed by atoms with van der Waals surface area (Å²) in [5.74, 6) is 3.45. The van der Waals surface area contributed by atoms with Crippen molar-refractivity contribution in [1.29, 1.82) is 0 Å². The molecule has 1 aromatic heterocycles. The van der Waals surface area contributed by atoms with Crippen molar-refractivity contribution < 1.29 is 0 Å². The van der Waals surface area contributed by atoms with Gasteiger partial charge in [0, 0.05) is 17.8 Å². The molecular weight excluding hydrogens is 304 g/mol. The van der Waals surface area contributed by atoms with Gasteiger partial charge in [0.2, 0.25) is 0 Å². The summed E-state index contributed by atoms with van der Waals surface area (Å²) < 4.78 is 0. The van der Waals surface area contributed by atoms with E-state index in [4.69, 9.17) is 0 Å². The minimum absolute atomic E-state index is 0.460. The molecule has 25 heavy (non-hydrogen) atoms. The molecule has 0 spiro atoms. The molecule has 1 aromatic rings. The molecule has 2 heteroatoms. The molecule has 4 aliphatic carbocycles. The predicted molar refractivity (Wildman–Crippen MR) is 101 cm³/mol. The first kappa shape index (κ1) is 16.0. The van der Waals surface area contributed by atoms with Crippen LogP contribution in [0.25, 0.3) is 0 Å². The molecule has 6 atom stereocenters. The van der Waals surface area contributed by atoms with E-state index in [-0.39, 0.29) is 0 Å². The normalized spacial score (nSPS) is 45.9. The first-order valence-electron chi connectivity index (χ1n) is 10.6. The molecule has 134 valence electrons. The number of hydrogen-bond donors (Lipinski definition) is 0. The van der Waals surface area contributed by atoms with E-state index in [9.17, 15) is 0 Å². The van der Waals surface area contributed by atoms with E-state index in [0.717, 1.165) is 17.8 Å². The lowest BCUT2D eigenvalue weighted by atomic mass is 9.47. The highest BCUT2D eigenvalue weighted by Gasteiger charge is 2.58. The minimum atomic E-state index is 0.460. The highest BCUT2D eigenvalue weighted by molar-refractivity contribution is 5.25. The molecule has 0 radical (unpaired) electrons. The Morgan fingerprint density at radius 2 is 1.96 bits per heavy atom. The van der Waals surface area contributed by atoms with Crippen molar-refractivity contribution in [2.75, 3.05) is 0 Å². The van der Waals surface area contributed by atoms with E-state index in [1.807, 2.05) is 11.8 Å². The summed E-state index contributed by atoms with van der Waals surface area (Å²) in [6.07, 6.45) is 18.9. The van der Waals surface area contributed by atoms with Crippen LogP contribution in [0.5, 0.6) is 0 Å². The standard InChI is InChI=1S/C23H32N2/c1-22-12-4-3-5-16(22)6-7-17-18-8-9-20(21-11-14-24-15-25-21)23(18,2)13-10-19(17)22/h5,11,14-15,17-20H,3-4,6-10,12-13H2,1-2H3/t17-,18+,19-,20+,22-,23-/m0/s1. The Balaban J connectivity index is 1.47. The molecule has 5 rings (SSSR count). The largest absolute Gasteiger partial charge is 0.245 e. The molecule has 0 unspecified atom stereocenters. The Hall–Kier alpha value is -1.18. The van der Waals surface area contributed by atoms with Gasteiger partial charge in [-0.05, 0) is 92.4 Å². The van der Waals surface area contributed by atoms with Crippen LogP contribution in [-0.2, 0) is 0 Å². The van der Waals surface area contributed by atoms with Gasteiger partial charge in [0.25, 0.3) is 0 Å². The van der Waals surface area contributed by atoms with Crippen LogP contribution in [0.15, 0.2) is 30.2 Å². The van der Waals surface area contributed by atoms with E-state index in [2.05, 4.69) is 36.0 Å². The van der Waals surface area contributed by atoms with Crippen LogP contribution in [0.3, 0.4) is 0 Å². The zero-order chi connectivity index (χ0) is 17.1. The minimum Gasteiger partial charge on any atom is -0.245 e. The van der Waals surface area contributed by atoms with Crippen molar-refractivity contribution in [2.24, 2.45) is 28.6 Å². The molecule has 2 nitrogen and oxygen atoms in total. The van der Waals surface area contributed by atoms with Gasteiger partial charge in [0.15, 0.2) is 0 Å². The van der Waals surface area contributed by atoms with E-state index in [1.54, 1.807) is 6.33 Å². The van der Waals surface area contributed by atoms with E-state index in [1.165, 1.54) is 63.5 Å². The topological polar surface area (TPSA) is 25.8 Å². The second-order valence-corrected chi connectivity index (χ2v) is 9.76. The van der Waals surface area contributed by atoms with Gasteiger partial charge in [-0.3, -0.25) is 0 Å². The van der Waals surface area contributed by atoms with Gasteiger partial charge in [-0.1, -0.05) is 25.5 Å². The fourth-order valence-electron chi connectivity index (χ4n) is 7.75. The highest BCUT2D eigenvalue weighted by atomic mass is 14.8. The summed E-state index contributed by atoms with van der Waals surface area (Å²) in [6.45, 7) is 5.22. The van der Waals surface area contributed by atoms with Crippen molar-refractivity contribution in [1.82, 2.24) is 9.97 Å². The lowest BCUT2D eigenvalue weighted by Gasteiger charge is -2.58. The summed E-state index contributed by atoms with van der Waals surface area (Å²) in [7, 11) is 0. The van der Waals surface area contributed by atoms with Crippen LogP contribution in [0.2, 0.25) is 0 Å². The number of allylic oxidation sites excluding steroid dienone is 2. The van der Waals surface area contributed by atoms with Gasteiger partial charge >= 0.3 is 0 Å². The van der Waals surface area contributed by atoms with Crippen LogP contribution in [-0.4, -0.2) is 9.97 Å². The van der Waals surface area contributed by atoms with Crippen molar-refractivity contribution in [2.45, 2.75) is 77.6 Å². The second-order valence-electron chi connectivity index (χ2n) is 9.76. The monoisotopic (exact) mass is 336 g/mol. The van der Waals surface area contributed by atoms with Crippen LogP contribution in [0, 0.1) is 28.6 Å². The molecule has 1 heterocycles. The van der Waals surface area contributed by atoms with E-state index >= 15 is 0 Å². The molecule has 0 aliphatic heterocycles. The summed E-state index contributed by atoms with van der Waals surface area (Å²) in [4.78, 5) is 8.81. The fourth-order valence-corrected chi connectivity index (χ4v) is 7.75. The van der Waals surface area contributed by atoms with E-state index in [0.29, 0.717) is 16.7 Å². The van der Waals surface area contributed by atoms with Gasteiger partial charge in [0.1, 0.15) is 6.33 Å². The summed E-state index contributed by atoms with van der Waals surface area (Å²) in [6, 6.07) is 2.18.